The third-order valence-electron chi connectivity index (χ3n) is 5.98. The van der Waals surface area contributed by atoms with Gasteiger partial charge in [0.05, 0.1) is 26.8 Å². The standard InChI is InChI=1S/C21H23N3O3S3/c22-21(25)16-11-14(18-2-3-19(28-18)29-24-6-1-7-24)10-15-17(12-23-20(15)16)13-4-8-30(26,27)9-5-13/h2-3,10-13,23H,1,4-9H2,(H2,22,25). The number of fused-ring (bicyclic) bond motifs is 1. The molecule has 0 aliphatic carbocycles. The van der Waals surface area contributed by atoms with E-state index in [9.17, 15) is 13.2 Å². The van der Waals surface area contributed by atoms with Crippen molar-refractivity contribution in [1.82, 2.24) is 9.29 Å². The number of carbonyl (C=O) groups excluding carboxylic acids is 1. The zero-order valence-electron chi connectivity index (χ0n) is 16.4. The molecule has 3 N–H and O–H groups in total. The number of amides is 1. The Bertz CT molecular complexity index is 1210. The lowest BCUT2D eigenvalue weighted by Gasteiger charge is -2.28. The molecule has 0 saturated carbocycles. The molecule has 1 amide bonds. The molecule has 4 heterocycles. The zero-order valence-corrected chi connectivity index (χ0v) is 18.8. The SMILES string of the molecule is NC(=O)c1cc(-c2ccc(SN3CCC3)s2)cc2c(C3CCS(=O)(=O)CC3)c[nH]c12. The predicted molar refractivity (Wildman–Crippen MR) is 123 cm³/mol. The summed E-state index contributed by atoms with van der Waals surface area (Å²) in [5.74, 6) is 0.135. The van der Waals surface area contributed by atoms with Gasteiger partial charge >= 0.3 is 0 Å². The molecule has 2 aliphatic heterocycles. The van der Waals surface area contributed by atoms with Crippen LogP contribution in [0.2, 0.25) is 0 Å². The van der Waals surface area contributed by atoms with Crippen LogP contribution in [-0.4, -0.2) is 48.2 Å². The summed E-state index contributed by atoms with van der Waals surface area (Å²) in [6.07, 6.45) is 4.40. The molecule has 2 fully saturated rings. The van der Waals surface area contributed by atoms with Crippen LogP contribution >= 0.6 is 23.3 Å². The van der Waals surface area contributed by atoms with Crippen LogP contribution in [-0.2, 0) is 9.84 Å². The van der Waals surface area contributed by atoms with E-state index in [1.807, 2.05) is 12.3 Å². The van der Waals surface area contributed by atoms with Crippen LogP contribution in [0.1, 0.15) is 41.1 Å². The van der Waals surface area contributed by atoms with Crippen LogP contribution in [0.5, 0.6) is 0 Å². The number of rotatable bonds is 5. The maximum atomic E-state index is 12.2. The van der Waals surface area contributed by atoms with Crippen LogP contribution in [0.15, 0.2) is 34.7 Å². The first-order valence-electron chi connectivity index (χ1n) is 10.1. The Labute approximate surface area is 183 Å². The number of aromatic amines is 1. The van der Waals surface area contributed by atoms with Crippen LogP contribution in [0.4, 0.5) is 0 Å². The quantitative estimate of drug-likeness (QED) is 0.560. The Balaban J connectivity index is 1.53. The van der Waals surface area contributed by atoms with E-state index in [1.165, 1.54) is 10.6 Å². The van der Waals surface area contributed by atoms with Crippen molar-refractivity contribution in [3.05, 3.63) is 41.6 Å². The largest absolute Gasteiger partial charge is 0.366 e. The minimum atomic E-state index is -2.93. The molecule has 0 unspecified atom stereocenters. The molecule has 0 radical (unpaired) electrons. The maximum Gasteiger partial charge on any atom is 0.250 e. The molecule has 158 valence electrons. The summed E-state index contributed by atoms with van der Waals surface area (Å²) in [5, 5.41) is 0.968. The first-order valence-corrected chi connectivity index (χ1v) is 13.5. The van der Waals surface area contributed by atoms with Crippen LogP contribution in [0, 0.1) is 0 Å². The first kappa shape index (κ1) is 20.1. The predicted octanol–water partition coefficient (Wildman–Crippen LogP) is 4.00. The highest BCUT2D eigenvalue weighted by atomic mass is 32.2. The smallest absolute Gasteiger partial charge is 0.250 e. The highest BCUT2D eigenvalue weighted by Gasteiger charge is 2.27. The van der Waals surface area contributed by atoms with Crippen molar-refractivity contribution in [1.29, 1.82) is 0 Å². The normalized spacial score (nSPS) is 19.7. The third-order valence-corrected chi connectivity index (χ3v) is 10.0. The fourth-order valence-corrected chi connectivity index (χ4v) is 7.93. The molecule has 2 saturated heterocycles. The number of nitrogens with one attached hydrogen (secondary N) is 1. The number of thiophene rings is 1. The molecular formula is C21H23N3O3S3. The topological polar surface area (TPSA) is 96.3 Å². The Morgan fingerprint density at radius 3 is 2.63 bits per heavy atom. The number of primary amides is 1. The van der Waals surface area contributed by atoms with E-state index in [0.29, 0.717) is 18.4 Å². The molecule has 2 aliphatic rings. The summed E-state index contributed by atoms with van der Waals surface area (Å²) in [4.78, 5) is 16.5. The van der Waals surface area contributed by atoms with Crippen LogP contribution < -0.4 is 5.73 Å². The highest BCUT2D eigenvalue weighted by molar-refractivity contribution is 7.99. The summed E-state index contributed by atoms with van der Waals surface area (Å²) < 4.78 is 27.3. The Morgan fingerprint density at radius 2 is 1.97 bits per heavy atom. The van der Waals surface area contributed by atoms with E-state index in [1.54, 1.807) is 23.3 Å². The minimum Gasteiger partial charge on any atom is -0.366 e. The van der Waals surface area contributed by atoms with E-state index >= 15 is 0 Å². The second-order valence-electron chi connectivity index (χ2n) is 7.97. The molecule has 5 rings (SSSR count). The Kier molecular flexibility index (Phi) is 5.17. The molecule has 1 aromatic carbocycles. The van der Waals surface area contributed by atoms with Gasteiger partial charge in [-0.1, -0.05) is 0 Å². The van der Waals surface area contributed by atoms with Crippen LogP contribution in [0.3, 0.4) is 0 Å². The average molecular weight is 462 g/mol. The molecule has 9 heteroatoms. The summed E-state index contributed by atoms with van der Waals surface area (Å²) in [6, 6.07) is 8.19. The minimum absolute atomic E-state index is 0.166. The fraction of sp³-hybridized carbons (Fsp3) is 0.381. The molecule has 0 atom stereocenters. The van der Waals surface area contributed by atoms with Gasteiger partial charge in [-0.05, 0) is 72.5 Å². The first-order chi connectivity index (χ1) is 14.4. The van der Waals surface area contributed by atoms with Gasteiger partial charge in [-0.3, -0.25) is 4.79 Å². The molecule has 2 aromatic heterocycles. The van der Waals surface area contributed by atoms with Gasteiger partial charge in [0.15, 0.2) is 0 Å². The lowest BCUT2D eigenvalue weighted by Crippen LogP contribution is -2.30. The van der Waals surface area contributed by atoms with Crippen molar-refractivity contribution in [3.63, 3.8) is 0 Å². The Hall–Kier alpha value is -1.81. The van der Waals surface area contributed by atoms with Crippen molar-refractivity contribution in [2.75, 3.05) is 24.6 Å². The number of benzene rings is 1. The fourth-order valence-electron chi connectivity index (χ4n) is 4.16. The molecule has 3 aromatic rings. The van der Waals surface area contributed by atoms with Gasteiger partial charge in [0.1, 0.15) is 9.84 Å². The Morgan fingerprint density at radius 1 is 1.20 bits per heavy atom. The van der Waals surface area contributed by atoms with Crippen molar-refractivity contribution < 1.29 is 13.2 Å². The van der Waals surface area contributed by atoms with E-state index in [2.05, 4.69) is 27.5 Å². The monoisotopic (exact) mass is 461 g/mol. The van der Waals surface area contributed by atoms with E-state index < -0.39 is 15.7 Å². The number of carbonyl (C=O) groups is 1. The second kappa shape index (κ2) is 7.71. The van der Waals surface area contributed by atoms with Gasteiger partial charge in [-0.15, -0.1) is 11.3 Å². The number of nitrogens with zero attached hydrogens (tertiary/aromatic N) is 1. The number of hydrogen-bond donors (Lipinski definition) is 2. The van der Waals surface area contributed by atoms with E-state index in [0.717, 1.165) is 40.0 Å². The van der Waals surface area contributed by atoms with E-state index in [4.69, 9.17) is 5.73 Å². The molecule has 30 heavy (non-hydrogen) atoms. The number of nitrogens with two attached hydrogens (primary N) is 1. The lowest BCUT2D eigenvalue weighted by atomic mass is 9.91. The van der Waals surface area contributed by atoms with Crippen molar-refractivity contribution in [3.8, 4) is 10.4 Å². The number of aromatic nitrogens is 1. The molecule has 0 spiro atoms. The zero-order chi connectivity index (χ0) is 20.9. The summed E-state index contributed by atoms with van der Waals surface area (Å²) in [5.41, 5.74) is 8.97. The summed E-state index contributed by atoms with van der Waals surface area (Å²) in [7, 11) is -2.93. The average Bonchev–Trinajstić information content (AvgIpc) is 3.31. The van der Waals surface area contributed by atoms with Crippen molar-refractivity contribution in [2.24, 2.45) is 5.73 Å². The van der Waals surface area contributed by atoms with Crippen molar-refractivity contribution >= 4 is 49.9 Å². The number of hydrogen-bond acceptors (Lipinski definition) is 6. The van der Waals surface area contributed by atoms with Gasteiger partial charge in [-0.2, -0.15) is 0 Å². The number of H-pyrrole nitrogens is 1. The third kappa shape index (κ3) is 3.79. The van der Waals surface area contributed by atoms with Gasteiger partial charge in [0.25, 0.3) is 5.91 Å². The summed E-state index contributed by atoms with van der Waals surface area (Å²) in [6.45, 7) is 2.25. The summed E-state index contributed by atoms with van der Waals surface area (Å²) >= 11 is 3.50. The van der Waals surface area contributed by atoms with Gasteiger partial charge in [0, 0.05) is 29.5 Å². The lowest BCUT2D eigenvalue weighted by molar-refractivity contribution is 0.100. The van der Waals surface area contributed by atoms with Gasteiger partial charge in [-0.25, -0.2) is 12.7 Å². The van der Waals surface area contributed by atoms with Crippen molar-refractivity contribution in [2.45, 2.75) is 29.4 Å². The van der Waals surface area contributed by atoms with Gasteiger partial charge < -0.3 is 10.7 Å². The molecule has 0 bridgehead atoms. The molecular weight excluding hydrogens is 438 g/mol. The second-order valence-corrected chi connectivity index (χ2v) is 12.8. The molecule has 6 nitrogen and oxygen atoms in total. The van der Waals surface area contributed by atoms with Gasteiger partial charge in [0.2, 0.25) is 0 Å². The number of sulfone groups is 1. The maximum absolute atomic E-state index is 12.2. The van der Waals surface area contributed by atoms with Crippen LogP contribution in [0.25, 0.3) is 21.3 Å². The van der Waals surface area contributed by atoms with E-state index in [-0.39, 0.29) is 17.4 Å². The highest BCUT2D eigenvalue weighted by Crippen LogP contribution is 2.41.